The van der Waals surface area contributed by atoms with E-state index in [4.69, 9.17) is 9.47 Å². The number of likely N-dealkylation sites (N-methyl/N-ethyl adjacent to an activating group) is 1. The lowest BCUT2D eigenvalue weighted by Crippen LogP contribution is -2.55. The normalized spacial score (nSPS) is 17.7. The van der Waals surface area contributed by atoms with Crippen molar-refractivity contribution in [1.29, 1.82) is 0 Å². The number of benzene rings is 1. The van der Waals surface area contributed by atoms with Crippen molar-refractivity contribution in [3.63, 3.8) is 0 Å². The quantitative estimate of drug-likeness (QED) is 0.702. The zero-order valence-electron chi connectivity index (χ0n) is 16.5. The van der Waals surface area contributed by atoms with Gasteiger partial charge in [-0.2, -0.15) is 0 Å². The van der Waals surface area contributed by atoms with Gasteiger partial charge in [-0.05, 0) is 56.7 Å². The number of amides is 1. The summed E-state index contributed by atoms with van der Waals surface area (Å²) < 4.78 is 11.0. The maximum atomic E-state index is 12.9. The summed E-state index contributed by atoms with van der Waals surface area (Å²) in [5, 5.41) is 6.44. The van der Waals surface area contributed by atoms with Crippen LogP contribution in [0.25, 0.3) is 0 Å². The first-order valence-electron chi connectivity index (χ1n) is 9.52. The van der Waals surface area contributed by atoms with E-state index in [-0.39, 0.29) is 11.9 Å². The predicted molar refractivity (Wildman–Crippen MR) is 104 cm³/mol. The molecule has 0 saturated carbocycles. The van der Waals surface area contributed by atoms with Crippen LogP contribution in [-0.4, -0.2) is 63.4 Å². The van der Waals surface area contributed by atoms with Gasteiger partial charge in [0.05, 0.1) is 13.2 Å². The molecule has 1 unspecified atom stereocenters. The highest BCUT2D eigenvalue weighted by atomic mass is 16.5. The lowest BCUT2D eigenvalue weighted by Gasteiger charge is -2.36. The summed E-state index contributed by atoms with van der Waals surface area (Å²) in [5.74, 6) is 0.819. The van der Waals surface area contributed by atoms with Crippen LogP contribution in [-0.2, 0) is 9.53 Å². The van der Waals surface area contributed by atoms with Gasteiger partial charge in [-0.15, -0.1) is 0 Å². The van der Waals surface area contributed by atoms with Crippen LogP contribution in [0.2, 0.25) is 0 Å². The summed E-state index contributed by atoms with van der Waals surface area (Å²) >= 11 is 0. The highest BCUT2D eigenvalue weighted by molar-refractivity contribution is 5.85. The summed E-state index contributed by atoms with van der Waals surface area (Å²) in [4.78, 5) is 15.2. The third-order valence-corrected chi connectivity index (χ3v) is 5.40. The van der Waals surface area contributed by atoms with Crippen molar-refractivity contribution in [2.75, 3.05) is 46.9 Å². The number of nitrogens with zero attached hydrogens (tertiary/aromatic N) is 1. The molecule has 0 aromatic heterocycles. The van der Waals surface area contributed by atoms with Crippen molar-refractivity contribution < 1.29 is 14.3 Å². The Morgan fingerprint density at radius 2 is 1.96 bits per heavy atom. The van der Waals surface area contributed by atoms with E-state index >= 15 is 0 Å². The van der Waals surface area contributed by atoms with Crippen molar-refractivity contribution in [3.8, 4) is 5.75 Å². The lowest BCUT2D eigenvalue weighted by molar-refractivity contribution is -0.147. The van der Waals surface area contributed by atoms with Gasteiger partial charge in [0.25, 0.3) is 5.91 Å². The number of nitrogens with one attached hydrogen (secondary N) is 2. The highest BCUT2D eigenvalue weighted by Crippen LogP contribution is 2.26. The summed E-state index contributed by atoms with van der Waals surface area (Å²) in [6, 6.07) is 8.17. The largest absolute Gasteiger partial charge is 0.497 e. The van der Waals surface area contributed by atoms with Gasteiger partial charge in [0.15, 0.2) is 0 Å². The first-order chi connectivity index (χ1) is 12.6. The van der Waals surface area contributed by atoms with Gasteiger partial charge < -0.3 is 20.1 Å². The molecule has 146 valence electrons. The van der Waals surface area contributed by atoms with Gasteiger partial charge in [0.1, 0.15) is 11.4 Å². The van der Waals surface area contributed by atoms with Crippen molar-refractivity contribution in [2.45, 2.75) is 38.3 Å². The number of carbonyl (C=O) groups is 1. The molecule has 2 N–H and O–H groups in total. The SMILES string of the molecule is CCN(CC)C(CNC(=O)C1(OC)CCNCC1)c1cccc(OC)c1. The molecule has 0 bridgehead atoms. The highest BCUT2D eigenvalue weighted by Gasteiger charge is 2.39. The monoisotopic (exact) mass is 363 g/mol. The van der Waals surface area contributed by atoms with E-state index in [1.807, 2.05) is 18.2 Å². The first kappa shape index (κ1) is 20.7. The minimum atomic E-state index is -0.715. The van der Waals surface area contributed by atoms with Crippen molar-refractivity contribution >= 4 is 5.91 Å². The molecule has 1 heterocycles. The average molecular weight is 364 g/mol. The minimum Gasteiger partial charge on any atom is -0.497 e. The molecule has 6 nitrogen and oxygen atoms in total. The Kier molecular flexibility index (Phi) is 7.87. The molecule has 6 heteroatoms. The van der Waals surface area contributed by atoms with Crippen LogP contribution in [0.1, 0.15) is 38.3 Å². The Hall–Kier alpha value is -1.63. The summed E-state index contributed by atoms with van der Waals surface area (Å²) in [7, 11) is 3.31. The molecule has 1 atom stereocenters. The van der Waals surface area contributed by atoms with E-state index in [1.165, 1.54) is 0 Å². The van der Waals surface area contributed by atoms with Gasteiger partial charge in [-0.1, -0.05) is 26.0 Å². The number of hydrogen-bond donors (Lipinski definition) is 2. The molecule has 1 aromatic carbocycles. The van der Waals surface area contributed by atoms with E-state index in [0.29, 0.717) is 19.4 Å². The molecule has 0 spiro atoms. The number of ether oxygens (including phenoxy) is 2. The van der Waals surface area contributed by atoms with Gasteiger partial charge >= 0.3 is 0 Å². The van der Waals surface area contributed by atoms with E-state index in [9.17, 15) is 4.79 Å². The van der Waals surface area contributed by atoms with Crippen LogP contribution >= 0.6 is 0 Å². The van der Waals surface area contributed by atoms with E-state index < -0.39 is 5.60 Å². The summed E-state index contributed by atoms with van der Waals surface area (Å²) in [6.07, 6.45) is 1.40. The van der Waals surface area contributed by atoms with Gasteiger partial charge in [0.2, 0.25) is 0 Å². The maximum absolute atomic E-state index is 12.9. The molecular weight excluding hydrogens is 330 g/mol. The smallest absolute Gasteiger partial charge is 0.252 e. The second-order valence-corrected chi connectivity index (χ2v) is 6.67. The molecule has 1 amide bonds. The Balaban J connectivity index is 2.14. The van der Waals surface area contributed by atoms with E-state index in [1.54, 1.807) is 14.2 Å². The zero-order valence-corrected chi connectivity index (χ0v) is 16.5. The summed E-state index contributed by atoms with van der Waals surface area (Å²) in [6.45, 7) is 8.25. The Bertz CT molecular complexity index is 569. The molecule has 1 aliphatic rings. The van der Waals surface area contributed by atoms with Crippen LogP contribution in [0.5, 0.6) is 5.75 Å². The third-order valence-electron chi connectivity index (χ3n) is 5.40. The number of rotatable bonds is 9. The van der Waals surface area contributed by atoms with Crippen molar-refractivity contribution in [1.82, 2.24) is 15.5 Å². The molecule has 1 saturated heterocycles. The van der Waals surface area contributed by atoms with Crippen LogP contribution in [0, 0.1) is 0 Å². The van der Waals surface area contributed by atoms with Crippen LogP contribution in [0.4, 0.5) is 0 Å². The number of methoxy groups -OCH3 is 2. The minimum absolute atomic E-state index is 0.0125. The van der Waals surface area contributed by atoms with Gasteiger partial charge in [-0.3, -0.25) is 9.69 Å². The topological polar surface area (TPSA) is 62.8 Å². The molecule has 1 fully saturated rings. The molecule has 1 aromatic rings. The molecular formula is C20H33N3O3. The van der Waals surface area contributed by atoms with Gasteiger partial charge in [0, 0.05) is 13.7 Å². The molecule has 0 radical (unpaired) electrons. The number of carbonyl (C=O) groups excluding carboxylic acids is 1. The average Bonchev–Trinajstić information content (AvgIpc) is 2.71. The Morgan fingerprint density at radius 3 is 2.54 bits per heavy atom. The maximum Gasteiger partial charge on any atom is 0.252 e. The molecule has 0 aliphatic carbocycles. The zero-order chi connectivity index (χ0) is 19.0. The number of hydrogen-bond acceptors (Lipinski definition) is 5. The number of piperidine rings is 1. The fraction of sp³-hybridized carbons (Fsp3) is 0.650. The Morgan fingerprint density at radius 1 is 1.27 bits per heavy atom. The first-order valence-corrected chi connectivity index (χ1v) is 9.52. The van der Waals surface area contributed by atoms with E-state index in [2.05, 4.69) is 35.4 Å². The molecule has 26 heavy (non-hydrogen) atoms. The second kappa shape index (κ2) is 9.90. The Labute approximate surface area is 157 Å². The lowest BCUT2D eigenvalue weighted by atomic mass is 9.91. The van der Waals surface area contributed by atoms with Crippen LogP contribution in [0.3, 0.4) is 0 Å². The molecule has 1 aliphatic heterocycles. The second-order valence-electron chi connectivity index (χ2n) is 6.67. The van der Waals surface area contributed by atoms with Gasteiger partial charge in [-0.25, -0.2) is 0 Å². The van der Waals surface area contributed by atoms with Crippen molar-refractivity contribution in [3.05, 3.63) is 29.8 Å². The predicted octanol–water partition coefficient (Wildman–Crippen LogP) is 1.96. The van der Waals surface area contributed by atoms with Crippen LogP contribution in [0.15, 0.2) is 24.3 Å². The summed E-state index contributed by atoms with van der Waals surface area (Å²) in [5.41, 5.74) is 0.429. The fourth-order valence-electron chi connectivity index (χ4n) is 3.68. The third kappa shape index (κ3) is 4.75. The van der Waals surface area contributed by atoms with E-state index in [0.717, 1.165) is 37.5 Å². The van der Waals surface area contributed by atoms with Crippen molar-refractivity contribution in [2.24, 2.45) is 0 Å². The van der Waals surface area contributed by atoms with Crippen LogP contribution < -0.4 is 15.4 Å². The standard InChI is InChI=1S/C20H33N3O3/c1-5-23(6-2)18(16-8-7-9-17(14-16)25-3)15-22-19(24)20(26-4)10-12-21-13-11-20/h7-9,14,18,21H,5-6,10-13,15H2,1-4H3,(H,22,24). The fourth-order valence-corrected chi connectivity index (χ4v) is 3.68. The molecule has 2 rings (SSSR count).